The van der Waals surface area contributed by atoms with Gasteiger partial charge in [-0.25, -0.2) is 8.78 Å². The first-order valence-electron chi connectivity index (χ1n) is 11.9. The van der Waals surface area contributed by atoms with E-state index in [2.05, 4.69) is 20.7 Å². The lowest BCUT2D eigenvalue weighted by atomic mass is 9.94. The van der Waals surface area contributed by atoms with Crippen LogP contribution in [0.3, 0.4) is 0 Å². The fourth-order valence-corrected chi connectivity index (χ4v) is 4.92. The average molecular weight is 761 g/mol. The van der Waals surface area contributed by atoms with E-state index >= 15 is 4.39 Å². The van der Waals surface area contributed by atoms with E-state index in [-0.39, 0.29) is 29.8 Å². The Bertz CT molecular complexity index is 1590. The highest BCUT2D eigenvalue weighted by Gasteiger charge is 2.71. The Morgan fingerprint density at radius 2 is 1.66 bits per heavy atom. The molecule has 1 atom stereocenters. The van der Waals surface area contributed by atoms with Crippen LogP contribution in [0.4, 0.5) is 50.9 Å². The van der Waals surface area contributed by atoms with E-state index < -0.39 is 73.6 Å². The van der Waals surface area contributed by atoms with Crippen molar-refractivity contribution in [2.75, 3.05) is 16.8 Å². The second-order valence-corrected chi connectivity index (χ2v) is 10.5. The Morgan fingerprint density at radius 1 is 1.05 bits per heavy atom. The zero-order valence-corrected chi connectivity index (χ0v) is 24.9. The first kappa shape index (κ1) is 34.7. The number of carbonyl (C=O) groups excluding carboxylic acids is 2. The molecule has 3 rings (SSSR count). The molecule has 44 heavy (non-hydrogen) atoms. The van der Waals surface area contributed by atoms with Gasteiger partial charge in [0.15, 0.2) is 11.6 Å². The fraction of sp³-hybridized carbons (Fsp3) is 0.222. The molecule has 0 spiro atoms. The van der Waals surface area contributed by atoms with Crippen LogP contribution in [0, 0.1) is 17.1 Å². The summed E-state index contributed by atoms with van der Waals surface area (Å²) in [4.78, 5) is 21.8. The molecule has 0 aliphatic heterocycles. The molecule has 6 nitrogen and oxygen atoms in total. The SMILES string of the molecule is CCN(C(=O)c1ccc(C#N)cc1)c1cccc(C(=O)Nc2c(Br)cc(C(F)(C(F)(F)F)C(F)(F)Br)cc2OC(F)F)c1F. The number of nitrogens with one attached hydrogen (secondary N) is 1. The van der Waals surface area contributed by atoms with Crippen LogP contribution in [-0.4, -0.2) is 36.0 Å². The molecule has 2 amide bonds. The van der Waals surface area contributed by atoms with Crippen molar-refractivity contribution in [2.45, 2.75) is 30.2 Å². The Morgan fingerprint density at radius 3 is 2.16 bits per heavy atom. The highest BCUT2D eigenvalue weighted by atomic mass is 79.9. The summed E-state index contributed by atoms with van der Waals surface area (Å²) < 4.78 is 128. The van der Waals surface area contributed by atoms with Gasteiger partial charge in [-0.2, -0.15) is 36.0 Å². The molecular formula is C27H16Br2F9N3O3. The Labute approximate surface area is 259 Å². The van der Waals surface area contributed by atoms with E-state index in [4.69, 9.17) is 5.26 Å². The minimum Gasteiger partial charge on any atom is -0.433 e. The third kappa shape index (κ3) is 6.80. The van der Waals surface area contributed by atoms with Gasteiger partial charge in [0.05, 0.1) is 28.6 Å². The van der Waals surface area contributed by atoms with Crippen LogP contribution in [0.1, 0.15) is 38.8 Å². The molecule has 234 valence electrons. The molecule has 0 fully saturated rings. The average Bonchev–Trinajstić information content (AvgIpc) is 2.93. The van der Waals surface area contributed by atoms with Crippen LogP contribution in [0.15, 0.2) is 59.1 Å². The molecule has 3 aromatic rings. The van der Waals surface area contributed by atoms with Crippen LogP contribution < -0.4 is 15.0 Å². The van der Waals surface area contributed by atoms with Gasteiger partial charge in [-0.3, -0.25) is 9.59 Å². The zero-order valence-electron chi connectivity index (χ0n) is 21.8. The van der Waals surface area contributed by atoms with Crippen LogP contribution in [0.25, 0.3) is 0 Å². The summed E-state index contributed by atoms with van der Waals surface area (Å²) in [6, 6.07) is 10.5. The van der Waals surface area contributed by atoms with Crippen molar-refractivity contribution in [1.82, 2.24) is 0 Å². The number of hydrogen-bond acceptors (Lipinski definition) is 4. The number of hydrogen-bond donors (Lipinski definition) is 1. The van der Waals surface area contributed by atoms with Crippen molar-refractivity contribution < 1.29 is 53.8 Å². The number of amides is 2. The molecule has 1 unspecified atom stereocenters. The van der Waals surface area contributed by atoms with E-state index in [0.717, 1.165) is 23.1 Å². The molecule has 0 aliphatic carbocycles. The van der Waals surface area contributed by atoms with Crippen molar-refractivity contribution in [2.24, 2.45) is 0 Å². The van der Waals surface area contributed by atoms with E-state index in [1.54, 1.807) is 0 Å². The van der Waals surface area contributed by atoms with Crippen LogP contribution in [-0.2, 0) is 5.67 Å². The van der Waals surface area contributed by atoms with Gasteiger partial charge in [-0.05, 0) is 87.3 Å². The van der Waals surface area contributed by atoms with Gasteiger partial charge >= 0.3 is 23.3 Å². The quantitative estimate of drug-likeness (QED) is 0.175. The summed E-state index contributed by atoms with van der Waals surface area (Å²) in [5.74, 6) is -4.77. The maximum absolute atomic E-state index is 15.6. The van der Waals surface area contributed by atoms with Gasteiger partial charge in [0.1, 0.15) is 0 Å². The third-order valence-electron chi connectivity index (χ3n) is 6.02. The number of alkyl halides is 9. The Balaban J connectivity index is 2.06. The molecule has 1 N–H and O–H groups in total. The van der Waals surface area contributed by atoms with E-state index in [1.807, 2.05) is 11.4 Å². The number of ether oxygens (including phenoxy) is 1. The molecule has 3 aromatic carbocycles. The second kappa shape index (κ2) is 13.1. The Kier molecular flexibility index (Phi) is 10.3. The fourth-order valence-electron chi connectivity index (χ4n) is 3.93. The summed E-state index contributed by atoms with van der Waals surface area (Å²) in [6.45, 7) is -2.41. The first-order valence-corrected chi connectivity index (χ1v) is 13.5. The first-order chi connectivity index (χ1) is 20.4. The summed E-state index contributed by atoms with van der Waals surface area (Å²) in [5, 5.41) is 10.9. The van der Waals surface area contributed by atoms with Crippen molar-refractivity contribution >= 4 is 55.0 Å². The lowest BCUT2D eigenvalue weighted by Gasteiger charge is -2.32. The number of carbonyl (C=O) groups is 2. The van der Waals surface area contributed by atoms with Crippen molar-refractivity contribution in [1.29, 1.82) is 5.26 Å². The highest BCUT2D eigenvalue weighted by molar-refractivity contribution is 9.10. The van der Waals surface area contributed by atoms with Crippen molar-refractivity contribution in [3.05, 3.63) is 87.1 Å². The van der Waals surface area contributed by atoms with E-state index in [0.29, 0.717) is 0 Å². The van der Waals surface area contributed by atoms with Gasteiger partial charge in [0.25, 0.3) is 11.8 Å². The highest BCUT2D eigenvalue weighted by Crippen LogP contribution is 2.56. The summed E-state index contributed by atoms with van der Waals surface area (Å²) in [7, 11) is 0. The zero-order chi connectivity index (χ0) is 33.2. The van der Waals surface area contributed by atoms with E-state index in [9.17, 15) is 44.7 Å². The standard InChI is InChI=1S/C27H16Br2F9N3O3/c1-2-41(23(43)14-8-6-13(12-39)7-9-14)18-5-3-4-16(20(18)30)22(42)40-21-17(28)10-15(11-19(21)44-24(31)32)25(33,26(29,34)35)27(36,37)38/h3-11,24H,2H2,1H3,(H,40,42). The smallest absolute Gasteiger partial charge is 0.433 e. The summed E-state index contributed by atoms with van der Waals surface area (Å²) >= 11 is 3.98. The van der Waals surface area contributed by atoms with Crippen LogP contribution in [0.5, 0.6) is 5.75 Å². The molecule has 0 saturated carbocycles. The maximum atomic E-state index is 15.6. The van der Waals surface area contributed by atoms with Gasteiger partial charge < -0.3 is 15.0 Å². The lowest BCUT2D eigenvalue weighted by molar-refractivity contribution is -0.282. The molecule has 0 bridgehead atoms. The number of rotatable bonds is 9. The monoisotopic (exact) mass is 759 g/mol. The van der Waals surface area contributed by atoms with Gasteiger partial charge in [-0.15, -0.1) is 0 Å². The summed E-state index contributed by atoms with van der Waals surface area (Å²) in [5.41, 5.74) is -9.07. The number of nitriles is 1. The van der Waals surface area contributed by atoms with Gasteiger partial charge in [0.2, 0.25) is 0 Å². The van der Waals surface area contributed by atoms with Crippen molar-refractivity contribution in [3.63, 3.8) is 0 Å². The van der Waals surface area contributed by atoms with E-state index in [1.165, 1.54) is 47.1 Å². The molecule has 0 aromatic heterocycles. The molecule has 0 aliphatic rings. The normalized spacial score (nSPS) is 13.2. The largest absolute Gasteiger partial charge is 0.433 e. The van der Waals surface area contributed by atoms with Crippen LogP contribution in [0.2, 0.25) is 0 Å². The summed E-state index contributed by atoms with van der Waals surface area (Å²) in [6.07, 6.45) is -6.27. The minimum absolute atomic E-state index is 0.0646. The topological polar surface area (TPSA) is 82.4 Å². The molecule has 0 heterocycles. The maximum Gasteiger partial charge on any atom is 0.433 e. The third-order valence-corrected chi connectivity index (χ3v) is 7.20. The molecule has 0 radical (unpaired) electrons. The predicted octanol–water partition coefficient (Wildman–Crippen LogP) is 8.70. The van der Waals surface area contributed by atoms with Crippen LogP contribution >= 0.6 is 31.9 Å². The number of halogens is 11. The second-order valence-electron chi connectivity index (χ2n) is 8.70. The van der Waals surface area contributed by atoms with Gasteiger partial charge in [0, 0.05) is 22.1 Å². The predicted molar refractivity (Wildman–Crippen MR) is 146 cm³/mol. The minimum atomic E-state index is -6.27. The molecule has 17 heteroatoms. The Hall–Kier alpha value is -3.78. The number of anilines is 2. The lowest BCUT2D eigenvalue weighted by Crippen LogP contribution is -2.49. The molecule has 0 saturated heterocycles. The van der Waals surface area contributed by atoms with Gasteiger partial charge in [-0.1, -0.05) is 6.07 Å². The number of benzene rings is 3. The van der Waals surface area contributed by atoms with Crippen molar-refractivity contribution in [3.8, 4) is 11.8 Å². The molecular weight excluding hydrogens is 745 g/mol. The number of nitrogens with zero attached hydrogens (tertiary/aromatic N) is 2.